The van der Waals surface area contributed by atoms with Crippen molar-refractivity contribution in [2.45, 2.75) is 32.6 Å². The van der Waals surface area contributed by atoms with Crippen molar-refractivity contribution in [2.24, 2.45) is 0 Å². The van der Waals surface area contributed by atoms with Crippen molar-refractivity contribution in [3.8, 4) is 0 Å². The van der Waals surface area contributed by atoms with Gasteiger partial charge in [0.05, 0.1) is 0 Å². The van der Waals surface area contributed by atoms with E-state index in [1.54, 1.807) is 11.9 Å². The second kappa shape index (κ2) is 7.43. The third-order valence-electron chi connectivity index (χ3n) is 4.42. The number of aromatic nitrogens is 2. The van der Waals surface area contributed by atoms with Crippen LogP contribution in [0.4, 0.5) is 11.5 Å². The number of para-hydroxylation sites is 1. The summed E-state index contributed by atoms with van der Waals surface area (Å²) in [6.07, 6.45) is 4.89. The molecule has 2 aromatic rings. The Bertz CT molecular complexity index is 694. The highest BCUT2D eigenvalue weighted by atomic mass is 16.2. The van der Waals surface area contributed by atoms with Crippen molar-refractivity contribution in [2.75, 3.05) is 29.9 Å². The third-order valence-corrected chi connectivity index (χ3v) is 4.42. The maximum Gasteiger partial charge on any atom is 0.276 e. The minimum Gasteiger partial charge on any atom is -0.356 e. The molecule has 3 rings (SSSR count). The topological polar surface area (TPSA) is 49.3 Å². The van der Waals surface area contributed by atoms with Crippen LogP contribution in [0.5, 0.6) is 0 Å². The van der Waals surface area contributed by atoms with Crippen molar-refractivity contribution in [3.63, 3.8) is 0 Å². The fourth-order valence-electron chi connectivity index (χ4n) is 3.06. The Hall–Kier alpha value is -2.43. The van der Waals surface area contributed by atoms with Crippen LogP contribution in [-0.4, -0.2) is 36.0 Å². The van der Waals surface area contributed by atoms with Crippen LogP contribution in [0.25, 0.3) is 0 Å². The van der Waals surface area contributed by atoms with Crippen molar-refractivity contribution in [3.05, 3.63) is 47.9 Å². The van der Waals surface area contributed by atoms with Gasteiger partial charge in [0.2, 0.25) is 0 Å². The van der Waals surface area contributed by atoms with Gasteiger partial charge in [-0.1, -0.05) is 31.0 Å². The zero-order valence-corrected chi connectivity index (χ0v) is 14.4. The standard InChI is InChI=1S/C19H24N4O/c1-15-20-17(19(24)22(2)16-10-6-5-7-11-16)14-18(21-15)23-12-8-3-4-9-13-23/h5-7,10-11,14H,3-4,8-9,12-13H2,1-2H3. The molecule has 2 heterocycles. The summed E-state index contributed by atoms with van der Waals surface area (Å²) < 4.78 is 0. The lowest BCUT2D eigenvalue weighted by molar-refractivity contribution is 0.0988. The van der Waals surface area contributed by atoms with Crippen molar-refractivity contribution in [1.29, 1.82) is 0 Å². The Kier molecular flexibility index (Phi) is 5.08. The molecule has 1 amide bonds. The van der Waals surface area contributed by atoms with Crippen LogP contribution in [0, 0.1) is 6.92 Å². The first kappa shape index (κ1) is 16.4. The lowest BCUT2D eigenvalue weighted by Gasteiger charge is -2.23. The Morgan fingerprint density at radius 2 is 1.71 bits per heavy atom. The quantitative estimate of drug-likeness (QED) is 0.868. The summed E-state index contributed by atoms with van der Waals surface area (Å²) in [5.74, 6) is 1.40. The second-order valence-electron chi connectivity index (χ2n) is 6.26. The molecule has 1 aromatic carbocycles. The fraction of sp³-hybridized carbons (Fsp3) is 0.421. The Balaban J connectivity index is 1.86. The van der Waals surface area contributed by atoms with Crippen LogP contribution < -0.4 is 9.80 Å². The molecule has 1 fully saturated rings. The first-order valence-corrected chi connectivity index (χ1v) is 8.59. The highest BCUT2D eigenvalue weighted by molar-refractivity contribution is 6.04. The van der Waals surface area contributed by atoms with Gasteiger partial charge >= 0.3 is 0 Å². The van der Waals surface area contributed by atoms with Gasteiger partial charge in [0.1, 0.15) is 17.3 Å². The Morgan fingerprint density at radius 3 is 2.38 bits per heavy atom. The van der Waals surface area contributed by atoms with E-state index in [0.717, 1.165) is 24.6 Å². The molecular formula is C19H24N4O. The molecule has 24 heavy (non-hydrogen) atoms. The first-order valence-electron chi connectivity index (χ1n) is 8.59. The third kappa shape index (κ3) is 3.72. The monoisotopic (exact) mass is 324 g/mol. The van der Waals surface area contributed by atoms with Gasteiger partial charge in [0.25, 0.3) is 5.91 Å². The van der Waals surface area contributed by atoms with E-state index in [4.69, 9.17) is 0 Å². The highest BCUT2D eigenvalue weighted by Crippen LogP contribution is 2.20. The van der Waals surface area contributed by atoms with E-state index in [9.17, 15) is 4.79 Å². The predicted octanol–water partition coefficient (Wildman–Crippen LogP) is 3.44. The number of hydrogen-bond acceptors (Lipinski definition) is 4. The smallest absolute Gasteiger partial charge is 0.276 e. The largest absolute Gasteiger partial charge is 0.356 e. The molecule has 1 aromatic heterocycles. The molecule has 5 heteroatoms. The van der Waals surface area contributed by atoms with Gasteiger partial charge in [-0.2, -0.15) is 0 Å². The SMILES string of the molecule is Cc1nc(C(=O)N(C)c2ccccc2)cc(N2CCCCCC2)n1. The van der Waals surface area contributed by atoms with E-state index in [2.05, 4.69) is 14.9 Å². The molecule has 0 N–H and O–H groups in total. The maximum absolute atomic E-state index is 12.8. The number of nitrogens with zero attached hydrogens (tertiary/aromatic N) is 4. The Morgan fingerprint density at radius 1 is 1.04 bits per heavy atom. The summed E-state index contributed by atoms with van der Waals surface area (Å²) in [7, 11) is 1.78. The van der Waals surface area contributed by atoms with Crippen molar-refractivity contribution >= 4 is 17.4 Å². The van der Waals surface area contributed by atoms with Gasteiger partial charge in [-0.15, -0.1) is 0 Å². The van der Waals surface area contributed by atoms with E-state index in [1.165, 1.54) is 25.7 Å². The molecule has 5 nitrogen and oxygen atoms in total. The van der Waals surface area contributed by atoms with Gasteiger partial charge in [0, 0.05) is 31.9 Å². The average Bonchev–Trinajstić information content (AvgIpc) is 2.90. The van der Waals surface area contributed by atoms with E-state index in [0.29, 0.717) is 11.5 Å². The molecule has 0 radical (unpaired) electrons. The summed E-state index contributed by atoms with van der Waals surface area (Å²) in [5.41, 5.74) is 1.31. The van der Waals surface area contributed by atoms with Crippen molar-refractivity contribution < 1.29 is 4.79 Å². The van der Waals surface area contributed by atoms with Crippen LogP contribution in [0.15, 0.2) is 36.4 Å². The second-order valence-corrected chi connectivity index (χ2v) is 6.26. The minimum atomic E-state index is -0.109. The normalized spacial score (nSPS) is 15.0. The lowest BCUT2D eigenvalue weighted by Crippen LogP contribution is -2.29. The molecule has 0 bridgehead atoms. The minimum absolute atomic E-state index is 0.109. The number of amides is 1. The molecule has 1 aliphatic rings. The van der Waals surface area contributed by atoms with E-state index in [-0.39, 0.29) is 5.91 Å². The number of aryl methyl sites for hydroxylation is 1. The van der Waals surface area contributed by atoms with Gasteiger partial charge < -0.3 is 9.80 Å². The van der Waals surface area contributed by atoms with Crippen LogP contribution in [0.2, 0.25) is 0 Å². The van der Waals surface area contributed by atoms with Crippen LogP contribution in [0.3, 0.4) is 0 Å². The lowest BCUT2D eigenvalue weighted by atomic mass is 10.2. The summed E-state index contributed by atoms with van der Waals surface area (Å²) in [5, 5.41) is 0. The van der Waals surface area contributed by atoms with Gasteiger partial charge in [-0.05, 0) is 31.9 Å². The number of rotatable bonds is 3. The summed E-state index contributed by atoms with van der Waals surface area (Å²) in [6.45, 7) is 3.85. The zero-order valence-electron chi connectivity index (χ0n) is 14.4. The predicted molar refractivity (Wildman–Crippen MR) is 96.6 cm³/mol. The van der Waals surface area contributed by atoms with Gasteiger partial charge in [-0.3, -0.25) is 4.79 Å². The van der Waals surface area contributed by atoms with E-state index >= 15 is 0 Å². The van der Waals surface area contributed by atoms with Gasteiger partial charge in [0.15, 0.2) is 0 Å². The molecule has 0 aliphatic carbocycles. The average molecular weight is 324 g/mol. The number of carbonyl (C=O) groups excluding carboxylic acids is 1. The zero-order chi connectivity index (χ0) is 16.9. The molecule has 0 atom stereocenters. The van der Waals surface area contributed by atoms with Crippen LogP contribution >= 0.6 is 0 Å². The van der Waals surface area contributed by atoms with Crippen LogP contribution in [-0.2, 0) is 0 Å². The molecule has 0 unspecified atom stereocenters. The summed E-state index contributed by atoms with van der Waals surface area (Å²) >= 11 is 0. The molecule has 1 saturated heterocycles. The number of anilines is 2. The molecule has 1 aliphatic heterocycles. The molecule has 126 valence electrons. The summed E-state index contributed by atoms with van der Waals surface area (Å²) in [4.78, 5) is 25.7. The Labute approximate surface area is 143 Å². The number of carbonyl (C=O) groups is 1. The molecule has 0 spiro atoms. The van der Waals surface area contributed by atoms with E-state index < -0.39 is 0 Å². The van der Waals surface area contributed by atoms with Crippen LogP contribution in [0.1, 0.15) is 42.0 Å². The maximum atomic E-state index is 12.8. The highest BCUT2D eigenvalue weighted by Gasteiger charge is 2.19. The number of benzene rings is 1. The van der Waals surface area contributed by atoms with E-state index in [1.807, 2.05) is 43.3 Å². The van der Waals surface area contributed by atoms with Gasteiger partial charge in [-0.25, -0.2) is 9.97 Å². The molecular weight excluding hydrogens is 300 g/mol. The first-order chi connectivity index (χ1) is 11.6. The van der Waals surface area contributed by atoms with Crippen molar-refractivity contribution in [1.82, 2.24) is 9.97 Å². The summed E-state index contributed by atoms with van der Waals surface area (Å²) in [6, 6.07) is 11.5. The number of hydrogen-bond donors (Lipinski definition) is 0. The fourth-order valence-corrected chi connectivity index (χ4v) is 3.06. The molecule has 0 saturated carbocycles.